The third kappa shape index (κ3) is 6.20. The number of nitriles is 1. The van der Waals surface area contributed by atoms with E-state index in [9.17, 15) is 4.79 Å². The normalized spacial score (nSPS) is 10.3. The predicted octanol–water partition coefficient (Wildman–Crippen LogP) is 3.09. The van der Waals surface area contributed by atoms with Crippen LogP contribution in [0.3, 0.4) is 0 Å². The molecule has 2 rings (SSSR count). The predicted molar refractivity (Wildman–Crippen MR) is 102 cm³/mol. The number of nitrogens with zero attached hydrogens (tertiary/aromatic N) is 2. The molecule has 0 spiro atoms. The van der Waals surface area contributed by atoms with Crippen LogP contribution in [-0.2, 0) is 4.79 Å². The minimum atomic E-state index is -0.401. The van der Waals surface area contributed by atoms with Crippen molar-refractivity contribution < 1.29 is 19.0 Å². The smallest absolute Gasteiger partial charge is 0.277 e. The van der Waals surface area contributed by atoms with Crippen molar-refractivity contribution in [2.24, 2.45) is 5.10 Å². The molecular formula is C19H18ClN3O4. The Morgan fingerprint density at radius 2 is 2.00 bits per heavy atom. The van der Waals surface area contributed by atoms with Crippen LogP contribution in [0.5, 0.6) is 17.2 Å². The van der Waals surface area contributed by atoms with Gasteiger partial charge in [0.25, 0.3) is 5.91 Å². The second-order valence-electron chi connectivity index (χ2n) is 5.35. The number of aryl methyl sites for hydroxylation is 1. The van der Waals surface area contributed by atoms with Crippen molar-refractivity contribution >= 4 is 23.7 Å². The number of rotatable bonds is 8. The van der Waals surface area contributed by atoms with E-state index in [0.29, 0.717) is 27.8 Å². The van der Waals surface area contributed by atoms with E-state index >= 15 is 0 Å². The Labute approximate surface area is 162 Å². The second kappa shape index (κ2) is 10.0. The van der Waals surface area contributed by atoms with Crippen LogP contribution in [0.4, 0.5) is 0 Å². The van der Waals surface area contributed by atoms with E-state index < -0.39 is 5.91 Å². The van der Waals surface area contributed by atoms with Crippen LogP contribution in [0.25, 0.3) is 0 Å². The molecule has 2 aromatic carbocycles. The monoisotopic (exact) mass is 387 g/mol. The highest BCUT2D eigenvalue weighted by molar-refractivity contribution is 6.30. The zero-order valence-corrected chi connectivity index (χ0v) is 15.6. The van der Waals surface area contributed by atoms with Crippen LogP contribution >= 0.6 is 11.6 Å². The van der Waals surface area contributed by atoms with E-state index in [4.69, 9.17) is 31.1 Å². The van der Waals surface area contributed by atoms with Gasteiger partial charge in [0.2, 0.25) is 0 Å². The lowest BCUT2D eigenvalue weighted by molar-refractivity contribution is -0.123. The third-order valence-corrected chi connectivity index (χ3v) is 3.61. The molecule has 2 aromatic rings. The molecule has 0 aromatic heterocycles. The molecule has 0 radical (unpaired) electrons. The molecule has 0 saturated carbocycles. The SMILES string of the molecule is COc1cc(/C=N\NC(=O)COc2ccc(Cl)cc2C)ccc1OCC#N. The zero-order valence-electron chi connectivity index (χ0n) is 14.9. The average Bonchev–Trinajstić information content (AvgIpc) is 2.66. The first kappa shape index (κ1) is 20.1. The van der Waals surface area contributed by atoms with Gasteiger partial charge in [0.1, 0.15) is 11.8 Å². The van der Waals surface area contributed by atoms with Gasteiger partial charge in [0.15, 0.2) is 24.7 Å². The van der Waals surface area contributed by atoms with Crippen molar-refractivity contribution in [2.45, 2.75) is 6.92 Å². The quantitative estimate of drug-likeness (QED) is 0.555. The van der Waals surface area contributed by atoms with Crippen LogP contribution in [0.15, 0.2) is 41.5 Å². The minimum absolute atomic E-state index is 0.0764. The Morgan fingerprint density at radius 1 is 1.22 bits per heavy atom. The zero-order chi connectivity index (χ0) is 19.6. The first-order valence-corrected chi connectivity index (χ1v) is 8.30. The van der Waals surface area contributed by atoms with Gasteiger partial charge < -0.3 is 14.2 Å². The Morgan fingerprint density at radius 3 is 2.70 bits per heavy atom. The van der Waals surface area contributed by atoms with Gasteiger partial charge in [0, 0.05) is 5.02 Å². The molecule has 0 aliphatic heterocycles. The lowest BCUT2D eigenvalue weighted by Gasteiger charge is -2.09. The molecule has 140 valence electrons. The van der Waals surface area contributed by atoms with Crippen molar-refractivity contribution in [1.29, 1.82) is 5.26 Å². The maximum Gasteiger partial charge on any atom is 0.277 e. The largest absolute Gasteiger partial charge is 0.493 e. The summed E-state index contributed by atoms with van der Waals surface area (Å²) in [5, 5.41) is 13.1. The van der Waals surface area contributed by atoms with Crippen molar-refractivity contribution in [3.63, 3.8) is 0 Å². The van der Waals surface area contributed by atoms with Crippen molar-refractivity contribution in [3.8, 4) is 23.3 Å². The van der Waals surface area contributed by atoms with Crippen LogP contribution in [0.2, 0.25) is 5.02 Å². The van der Waals surface area contributed by atoms with Gasteiger partial charge in [-0.15, -0.1) is 0 Å². The molecule has 0 fully saturated rings. The number of methoxy groups -OCH3 is 1. The molecule has 0 aliphatic rings. The van der Waals surface area contributed by atoms with Crippen LogP contribution < -0.4 is 19.6 Å². The van der Waals surface area contributed by atoms with E-state index in [2.05, 4.69) is 10.5 Å². The topological polar surface area (TPSA) is 92.9 Å². The van der Waals surface area contributed by atoms with E-state index in [1.807, 2.05) is 13.0 Å². The summed E-state index contributed by atoms with van der Waals surface area (Å²) < 4.78 is 15.9. The lowest BCUT2D eigenvalue weighted by Crippen LogP contribution is -2.24. The van der Waals surface area contributed by atoms with Gasteiger partial charge in [-0.2, -0.15) is 10.4 Å². The van der Waals surface area contributed by atoms with Crippen LogP contribution in [-0.4, -0.2) is 32.4 Å². The van der Waals surface area contributed by atoms with Gasteiger partial charge in [-0.1, -0.05) is 11.6 Å². The number of hydrogen-bond acceptors (Lipinski definition) is 6. The summed E-state index contributed by atoms with van der Waals surface area (Å²) in [7, 11) is 1.49. The number of ether oxygens (including phenoxy) is 3. The molecule has 0 atom stereocenters. The molecule has 8 heteroatoms. The second-order valence-corrected chi connectivity index (χ2v) is 5.79. The first-order valence-electron chi connectivity index (χ1n) is 7.92. The fourth-order valence-electron chi connectivity index (χ4n) is 2.12. The van der Waals surface area contributed by atoms with Gasteiger partial charge in [0.05, 0.1) is 13.3 Å². The first-order chi connectivity index (χ1) is 13.0. The summed E-state index contributed by atoms with van der Waals surface area (Å²) in [6, 6.07) is 12.1. The number of amides is 1. The summed E-state index contributed by atoms with van der Waals surface area (Å²) in [5.41, 5.74) is 3.91. The van der Waals surface area contributed by atoms with Crippen molar-refractivity contribution in [3.05, 3.63) is 52.5 Å². The van der Waals surface area contributed by atoms with Gasteiger partial charge in [-0.3, -0.25) is 4.79 Å². The highest BCUT2D eigenvalue weighted by Crippen LogP contribution is 2.27. The number of carbonyl (C=O) groups is 1. The Hall–Kier alpha value is -3.24. The van der Waals surface area contributed by atoms with Gasteiger partial charge in [-0.25, -0.2) is 5.43 Å². The molecular weight excluding hydrogens is 370 g/mol. The third-order valence-electron chi connectivity index (χ3n) is 3.38. The molecule has 0 saturated heterocycles. The summed E-state index contributed by atoms with van der Waals surface area (Å²) in [6.45, 7) is 1.59. The molecule has 0 unspecified atom stereocenters. The highest BCUT2D eigenvalue weighted by atomic mass is 35.5. The van der Waals surface area contributed by atoms with E-state index in [-0.39, 0.29) is 13.2 Å². The van der Waals surface area contributed by atoms with Crippen molar-refractivity contribution in [1.82, 2.24) is 5.43 Å². The lowest BCUT2D eigenvalue weighted by atomic mass is 10.2. The number of hydrazone groups is 1. The standard InChI is InChI=1S/C19H18ClN3O4/c1-13-9-15(20)4-6-16(13)27-12-19(24)23-22-11-14-3-5-17(26-8-7-21)18(10-14)25-2/h3-6,9-11H,8,12H2,1-2H3,(H,23,24)/b22-11-. The number of halogens is 1. The number of hydrogen-bond donors (Lipinski definition) is 1. The molecule has 0 bridgehead atoms. The average molecular weight is 388 g/mol. The fraction of sp³-hybridized carbons (Fsp3) is 0.211. The number of carbonyl (C=O) groups excluding carboxylic acids is 1. The van der Waals surface area contributed by atoms with Gasteiger partial charge >= 0.3 is 0 Å². The van der Waals surface area contributed by atoms with Gasteiger partial charge in [-0.05, 0) is 54.4 Å². The summed E-state index contributed by atoms with van der Waals surface area (Å²) in [6.07, 6.45) is 1.46. The van der Waals surface area contributed by atoms with E-state index in [1.54, 1.807) is 36.4 Å². The van der Waals surface area contributed by atoms with Crippen LogP contribution in [0.1, 0.15) is 11.1 Å². The van der Waals surface area contributed by atoms with E-state index in [1.165, 1.54) is 13.3 Å². The van der Waals surface area contributed by atoms with Crippen molar-refractivity contribution in [2.75, 3.05) is 20.3 Å². The van der Waals surface area contributed by atoms with E-state index in [0.717, 1.165) is 5.56 Å². The molecule has 1 amide bonds. The maximum absolute atomic E-state index is 11.8. The molecule has 7 nitrogen and oxygen atoms in total. The number of nitrogens with one attached hydrogen (secondary N) is 1. The summed E-state index contributed by atoms with van der Waals surface area (Å²) in [5.74, 6) is 1.09. The summed E-state index contributed by atoms with van der Waals surface area (Å²) in [4.78, 5) is 11.8. The Kier molecular flexibility index (Phi) is 7.47. The summed E-state index contributed by atoms with van der Waals surface area (Å²) >= 11 is 5.88. The highest BCUT2D eigenvalue weighted by Gasteiger charge is 2.06. The minimum Gasteiger partial charge on any atom is -0.493 e. The Balaban J connectivity index is 1.88. The van der Waals surface area contributed by atoms with Crippen LogP contribution in [0, 0.1) is 18.3 Å². The fourth-order valence-corrected chi connectivity index (χ4v) is 2.35. The number of benzene rings is 2. The molecule has 27 heavy (non-hydrogen) atoms. The molecule has 0 heterocycles. The molecule has 1 N–H and O–H groups in total. The maximum atomic E-state index is 11.8. The molecule has 0 aliphatic carbocycles. The Bertz CT molecular complexity index is 878.